The summed E-state index contributed by atoms with van der Waals surface area (Å²) in [4.78, 5) is 13.1. The lowest BCUT2D eigenvalue weighted by Gasteiger charge is -2.10. The fraction of sp³-hybridized carbons (Fsp3) is 0.188. The van der Waals surface area contributed by atoms with Crippen molar-refractivity contribution < 1.29 is 13.7 Å². The Balaban J connectivity index is 1.74. The minimum absolute atomic E-state index is 0.0923. The second kappa shape index (κ2) is 5.69. The van der Waals surface area contributed by atoms with Crippen LogP contribution in [0.2, 0.25) is 0 Å². The minimum Gasteiger partial charge on any atom is -0.492 e. The average molecular weight is 301 g/mol. The van der Waals surface area contributed by atoms with E-state index in [1.165, 1.54) is 0 Å². The van der Waals surface area contributed by atoms with Gasteiger partial charge in [-0.3, -0.25) is 9.00 Å². The first-order valence-electron chi connectivity index (χ1n) is 6.61. The van der Waals surface area contributed by atoms with E-state index < -0.39 is 10.8 Å². The Kier molecular flexibility index (Phi) is 3.75. The summed E-state index contributed by atoms with van der Waals surface area (Å²) in [5.41, 5.74) is 1.61. The Labute approximate surface area is 125 Å². The smallest absolute Gasteiger partial charge is 0.235 e. The maximum absolute atomic E-state index is 12.3. The van der Waals surface area contributed by atoms with Crippen LogP contribution in [0.15, 0.2) is 53.4 Å². The van der Waals surface area contributed by atoms with Crippen LogP contribution in [-0.2, 0) is 15.6 Å². The monoisotopic (exact) mass is 301 g/mol. The summed E-state index contributed by atoms with van der Waals surface area (Å²) in [6, 6.07) is 14.6. The molecule has 2 aromatic rings. The number of amides is 1. The lowest BCUT2D eigenvalue weighted by Crippen LogP contribution is -2.22. The van der Waals surface area contributed by atoms with Gasteiger partial charge in [0.2, 0.25) is 5.91 Å². The topological polar surface area (TPSA) is 55.4 Å². The molecule has 2 aromatic carbocycles. The van der Waals surface area contributed by atoms with Crippen LogP contribution in [0.5, 0.6) is 5.75 Å². The van der Waals surface area contributed by atoms with E-state index in [1.54, 1.807) is 30.5 Å². The van der Waals surface area contributed by atoms with Gasteiger partial charge in [-0.05, 0) is 30.3 Å². The van der Waals surface area contributed by atoms with Crippen molar-refractivity contribution in [2.75, 3.05) is 18.2 Å². The van der Waals surface area contributed by atoms with Gasteiger partial charge in [0, 0.05) is 33.2 Å². The van der Waals surface area contributed by atoms with Crippen LogP contribution >= 0.6 is 0 Å². The molecule has 0 fully saturated rings. The number of benzene rings is 2. The Morgan fingerprint density at radius 2 is 1.90 bits per heavy atom. The maximum atomic E-state index is 12.3. The number of ether oxygens (including phenoxy) is 1. The van der Waals surface area contributed by atoms with Gasteiger partial charge in [-0.15, -0.1) is 0 Å². The van der Waals surface area contributed by atoms with Crippen LogP contribution in [0.3, 0.4) is 0 Å². The van der Waals surface area contributed by atoms with Crippen LogP contribution in [-0.4, -0.2) is 23.0 Å². The minimum atomic E-state index is -1.01. The van der Waals surface area contributed by atoms with Crippen LogP contribution in [0.1, 0.15) is 11.5 Å². The van der Waals surface area contributed by atoms with E-state index >= 15 is 0 Å². The van der Waals surface area contributed by atoms with Crippen LogP contribution in [0, 0.1) is 0 Å². The predicted molar refractivity (Wildman–Crippen MR) is 82.1 cm³/mol. The lowest BCUT2D eigenvalue weighted by atomic mass is 10.0. The molecule has 0 unspecified atom stereocenters. The second-order valence-electron chi connectivity index (χ2n) is 4.87. The van der Waals surface area contributed by atoms with Crippen LogP contribution in [0.25, 0.3) is 0 Å². The molecule has 1 heterocycles. The Morgan fingerprint density at radius 3 is 2.62 bits per heavy atom. The molecule has 0 bridgehead atoms. The number of rotatable bonds is 3. The van der Waals surface area contributed by atoms with E-state index in [4.69, 9.17) is 4.74 Å². The van der Waals surface area contributed by atoms with Gasteiger partial charge < -0.3 is 10.1 Å². The summed E-state index contributed by atoms with van der Waals surface area (Å²) < 4.78 is 16.9. The molecule has 0 saturated carbocycles. The SMILES string of the molecule is C[S@](=O)c1ccc(NC(=O)[C@@H]2COc3ccccc32)cc1. The van der Waals surface area contributed by atoms with Crippen molar-refractivity contribution in [1.82, 2.24) is 0 Å². The van der Waals surface area contributed by atoms with Crippen molar-refractivity contribution >= 4 is 22.4 Å². The molecule has 2 atom stereocenters. The third kappa shape index (κ3) is 2.83. The molecule has 4 nitrogen and oxygen atoms in total. The van der Waals surface area contributed by atoms with E-state index in [2.05, 4.69) is 5.32 Å². The zero-order valence-corrected chi connectivity index (χ0v) is 12.4. The quantitative estimate of drug-likeness (QED) is 0.948. The average Bonchev–Trinajstić information content (AvgIpc) is 2.92. The molecule has 21 heavy (non-hydrogen) atoms. The van der Waals surface area contributed by atoms with Gasteiger partial charge in [0.1, 0.15) is 18.3 Å². The third-order valence-electron chi connectivity index (χ3n) is 3.47. The largest absolute Gasteiger partial charge is 0.492 e. The molecule has 1 aliphatic heterocycles. The number of carbonyl (C=O) groups is 1. The van der Waals surface area contributed by atoms with Crippen molar-refractivity contribution in [3.8, 4) is 5.75 Å². The molecule has 0 spiro atoms. The fourth-order valence-electron chi connectivity index (χ4n) is 2.34. The zero-order valence-electron chi connectivity index (χ0n) is 11.5. The second-order valence-corrected chi connectivity index (χ2v) is 6.25. The summed E-state index contributed by atoms with van der Waals surface area (Å²) in [5, 5.41) is 2.87. The van der Waals surface area contributed by atoms with Crippen molar-refractivity contribution in [1.29, 1.82) is 0 Å². The maximum Gasteiger partial charge on any atom is 0.235 e. The number of para-hydroxylation sites is 1. The number of hydrogen-bond acceptors (Lipinski definition) is 3. The van der Waals surface area contributed by atoms with Gasteiger partial charge in [-0.2, -0.15) is 0 Å². The van der Waals surface area contributed by atoms with E-state index in [-0.39, 0.29) is 11.8 Å². The van der Waals surface area contributed by atoms with Crippen molar-refractivity contribution in [3.63, 3.8) is 0 Å². The highest BCUT2D eigenvalue weighted by Crippen LogP contribution is 2.34. The van der Waals surface area contributed by atoms with Crippen molar-refractivity contribution in [2.24, 2.45) is 0 Å². The highest BCUT2D eigenvalue weighted by atomic mass is 32.2. The van der Waals surface area contributed by atoms with Crippen molar-refractivity contribution in [2.45, 2.75) is 10.8 Å². The first-order valence-corrected chi connectivity index (χ1v) is 8.17. The number of nitrogens with one attached hydrogen (secondary N) is 1. The molecule has 0 aliphatic carbocycles. The lowest BCUT2D eigenvalue weighted by molar-refractivity contribution is -0.117. The Morgan fingerprint density at radius 1 is 1.19 bits per heavy atom. The van der Waals surface area contributed by atoms with E-state index in [0.29, 0.717) is 12.3 Å². The predicted octanol–water partition coefficient (Wildman–Crippen LogP) is 2.54. The van der Waals surface area contributed by atoms with Crippen LogP contribution < -0.4 is 10.1 Å². The highest BCUT2D eigenvalue weighted by molar-refractivity contribution is 7.84. The highest BCUT2D eigenvalue weighted by Gasteiger charge is 2.29. The summed E-state index contributed by atoms with van der Waals surface area (Å²) in [6.07, 6.45) is 1.63. The molecule has 1 N–H and O–H groups in total. The van der Waals surface area contributed by atoms with Gasteiger partial charge >= 0.3 is 0 Å². The number of anilines is 1. The Hall–Kier alpha value is -2.14. The summed E-state index contributed by atoms with van der Waals surface area (Å²) >= 11 is 0. The van der Waals surface area contributed by atoms with Gasteiger partial charge in [0.05, 0.1) is 0 Å². The van der Waals surface area contributed by atoms with Gasteiger partial charge in [0.15, 0.2) is 0 Å². The molecule has 108 valence electrons. The molecule has 0 radical (unpaired) electrons. The standard InChI is InChI=1S/C16H15NO3S/c1-21(19)12-8-6-11(7-9-12)17-16(18)14-10-20-15-5-3-2-4-13(14)15/h2-9,14H,10H2,1H3,(H,17,18)/t14-,21+/m1/s1. The first-order chi connectivity index (χ1) is 10.1. The molecular formula is C16H15NO3S. The zero-order chi connectivity index (χ0) is 14.8. The molecule has 3 rings (SSSR count). The number of carbonyl (C=O) groups excluding carboxylic acids is 1. The van der Waals surface area contributed by atoms with Crippen molar-refractivity contribution in [3.05, 3.63) is 54.1 Å². The normalized spacial score (nSPS) is 17.7. The summed E-state index contributed by atoms with van der Waals surface area (Å²) in [5.74, 6) is 0.390. The molecule has 1 amide bonds. The van der Waals surface area contributed by atoms with E-state index in [0.717, 1.165) is 16.2 Å². The number of hydrogen-bond donors (Lipinski definition) is 1. The molecule has 5 heteroatoms. The van der Waals surface area contributed by atoms with E-state index in [9.17, 15) is 9.00 Å². The Bertz CT molecular complexity index is 697. The van der Waals surface area contributed by atoms with Gasteiger partial charge in [-0.1, -0.05) is 18.2 Å². The third-order valence-corrected chi connectivity index (χ3v) is 4.41. The molecule has 0 aromatic heterocycles. The van der Waals surface area contributed by atoms with Gasteiger partial charge in [-0.25, -0.2) is 0 Å². The molecule has 0 saturated heterocycles. The first kappa shape index (κ1) is 13.8. The fourth-order valence-corrected chi connectivity index (χ4v) is 2.86. The molecule has 1 aliphatic rings. The summed E-state index contributed by atoms with van der Waals surface area (Å²) in [7, 11) is -1.01. The van der Waals surface area contributed by atoms with Crippen LogP contribution in [0.4, 0.5) is 5.69 Å². The summed E-state index contributed by atoms with van der Waals surface area (Å²) in [6.45, 7) is 0.363. The van der Waals surface area contributed by atoms with E-state index in [1.807, 2.05) is 24.3 Å². The molecular weight excluding hydrogens is 286 g/mol. The number of fused-ring (bicyclic) bond motifs is 1. The van der Waals surface area contributed by atoms with Gasteiger partial charge in [0.25, 0.3) is 0 Å².